The lowest BCUT2D eigenvalue weighted by Gasteiger charge is -2.33. The monoisotopic (exact) mass is 606 g/mol. The van der Waals surface area contributed by atoms with Crippen molar-refractivity contribution in [2.75, 3.05) is 25.9 Å². The molecule has 1 unspecified atom stereocenters. The van der Waals surface area contributed by atoms with Crippen LogP contribution in [-0.4, -0.2) is 54.8 Å². The molecule has 14 heteroatoms. The van der Waals surface area contributed by atoms with Crippen molar-refractivity contribution in [1.82, 2.24) is 19.8 Å². The maximum atomic E-state index is 14.2. The van der Waals surface area contributed by atoms with Gasteiger partial charge in [0.15, 0.2) is 9.84 Å². The zero-order valence-corrected chi connectivity index (χ0v) is 23.5. The van der Waals surface area contributed by atoms with Gasteiger partial charge in [-0.05, 0) is 61.8 Å². The van der Waals surface area contributed by atoms with E-state index < -0.39 is 44.8 Å². The highest BCUT2D eigenvalue weighted by molar-refractivity contribution is 7.91. The first-order valence-corrected chi connectivity index (χ1v) is 14.6. The quantitative estimate of drug-likeness (QED) is 0.421. The molecular formula is C25H27Cl2F3N4O4S. The van der Waals surface area contributed by atoms with E-state index in [4.69, 9.17) is 23.2 Å². The van der Waals surface area contributed by atoms with Gasteiger partial charge in [0.25, 0.3) is 5.56 Å². The number of likely N-dealkylation sites (N-methyl/N-ethyl adjacent to an activating group) is 1. The van der Waals surface area contributed by atoms with Crippen LogP contribution in [-0.2, 0) is 29.1 Å². The summed E-state index contributed by atoms with van der Waals surface area (Å²) in [6.07, 6.45) is -3.14. The summed E-state index contributed by atoms with van der Waals surface area (Å²) in [5, 5.41) is 2.50. The highest BCUT2D eigenvalue weighted by Crippen LogP contribution is 2.39. The summed E-state index contributed by atoms with van der Waals surface area (Å²) >= 11 is 12.5. The third-order valence-corrected chi connectivity index (χ3v) is 9.47. The van der Waals surface area contributed by atoms with Crippen molar-refractivity contribution in [3.05, 3.63) is 71.8 Å². The Morgan fingerprint density at radius 2 is 1.87 bits per heavy atom. The van der Waals surface area contributed by atoms with Gasteiger partial charge in [0.1, 0.15) is 0 Å². The van der Waals surface area contributed by atoms with Gasteiger partial charge in [-0.2, -0.15) is 13.2 Å². The molecule has 1 aliphatic heterocycles. The Balaban J connectivity index is 1.88. The summed E-state index contributed by atoms with van der Waals surface area (Å²) in [6, 6.07) is 4.74. The fourth-order valence-corrected chi connectivity index (χ4v) is 6.52. The largest absolute Gasteiger partial charge is 0.416 e. The Bertz CT molecular complexity index is 1640. The van der Waals surface area contributed by atoms with Gasteiger partial charge in [-0.15, -0.1) is 0 Å². The number of aromatic amines is 1. The smallest absolute Gasteiger partial charge is 0.316 e. The summed E-state index contributed by atoms with van der Waals surface area (Å²) in [5.41, 5.74) is -3.44. The lowest BCUT2D eigenvalue weighted by molar-refractivity contribution is -0.138. The molecule has 1 aromatic heterocycles. The molecule has 1 aliphatic rings. The molecule has 39 heavy (non-hydrogen) atoms. The van der Waals surface area contributed by atoms with Crippen LogP contribution in [0.5, 0.6) is 0 Å². The SMILES string of the molecule is CCS(=O)(=O)c1ccc(Cl)cc1Cn1c(=O)[nH]c2c(Cl)c(CN3CCCC(NC)C3)c(C(F)(F)F)cc2c1=O. The number of benzene rings is 2. The number of nitrogens with zero attached hydrogens (tertiary/aromatic N) is 2. The number of H-pyrrole nitrogens is 1. The number of sulfone groups is 1. The van der Waals surface area contributed by atoms with Crippen LogP contribution < -0.4 is 16.6 Å². The fourth-order valence-electron chi connectivity index (χ4n) is 4.90. The van der Waals surface area contributed by atoms with E-state index in [9.17, 15) is 31.2 Å². The predicted molar refractivity (Wildman–Crippen MR) is 144 cm³/mol. The molecule has 0 radical (unpaired) electrons. The minimum atomic E-state index is -4.83. The number of likely N-dealkylation sites (tertiary alicyclic amines) is 1. The first-order chi connectivity index (χ1) is 18.3. The van der Waals surface area contributed by atoms with Crippen molar-refractivity contribution in [3.8, 4) is 0 Å². The maximum Gasteiger partial charge on any atom is 0.416 e. The molecule has 2 aromatic carbocycles. The highest BCUT2D eigenvalue weighted by Gasteiger charge is 2.37. The van der Waals surface area contributed by atoms with Crippen LogP contribution in [0.15, 0.2) is 38.8 Å². The van der Waals surface area contributed by atoms with Gasteiger partial charge in [-0.25, -0.2) is 13.2 Å². The van der Waals surface area contributed by atoms with Crippen molar-refractivity contribution < 1.29 is 21.6 Å². The molecule has 1 atom stereocenters. The van der Waals surface area contributed by atoms with Crippen LogP contribution in [0.25, 0.3) is 10.9 Å². The molecule has 8 nitrogen and oxygen atoms in total. The number of alkyl halides is 3. The van der Waals surface area contributed by atoms with E-state index >= 15 is 0 Å². The second-order valence-corrected chi connectivity index (χ2v) is 12.5. The minimum Gasteiger partial charge on any atom is -0.316 e. The molecule has 0 bridgehead atoms. The average molecular weight is 607 g/mol. The first-order valence-electron chi connectivity index (χ1n) is 12.2. The number of nitrogens with one attached hydrogen (secondary N) is 2. The normalized spacial score (nSPS) is 17.2. The molecule has 212 valence electrons. The molecule has 0 amide bonds. The molecule has 2 heterocycles. The minimum absolute atomic E-state index is 0.0549. The zero-order chi connectivity index (χ0) is 28.7. The fraction of sp³-hybridized carbons (Fsp3) is 0.440. The molecule has 0 saturated carbocycles. The van der Waals surface area contributed by atoms with E-state index in [2.05, 4.69) is 10.3 Å². The first kappa shape index (κ1) is 29.6. The number of rotatable bonds is 7. The number of piperidine rings is 1. The summed E-state index contributed by atoms with van der Waals surface area (Å²) in [7, 11) is -1.97. The van der Waals surface area contributed by atoms with Crippen LogP contribution in [0.1, 0.15) is 36.5 Å². The maximum absolute atomic E-state index is 14.2. The van der Waals surface area contributed by atoms with Gasteiger partial charge < -0.3 is 10.3 Å². The average Bonchev–Trinajstić information content (AvgIpc) is 2.87. The van der Waals surface area contributed by atoms with E-state index in [-0.39, 0.29) is 49.9 Å². The number of fused-ring (bicyclic) bond motifs is 1. The Morgan fingerprint density at radius 3 is 2.51 bits per heavy atom. The Hall–Kier alpha value is -2.38. The van der Waals surface area contributed by atoms with Gasteiger partial charge in [-0.1, -0.05) is 30.1 Å². The van der Waals surface area contributed by atoms with Crippen LogP contribution in [0.4, 0.5) is 13.2 Å². The van der Waals surface area contributed by atoms with Gasteiger partial charge >= 0.3 is 11.9 Å². The van der Waals surface area contributed by atoms with Crippen molar-refractivity contribution >= 4 is 43.9 Å². The van der Waals surface area contributed by atoms with Gasteiger partial charge in [-0.3, -0.25) is 14.3 Å². The lowest BCUT2D eigenvalue weighted by atomic mass is 10.0. The Labute approximate surface area is 232 Å². The highest BCUT2D eigenvalue weighted by atomic mass is 35.5. The molecule has 4 rings (SSSR count). The van der Waals surface area contributed by atoms with Crippen molar-refractivity contribution in [2.24, 2.45) is 0 Å². The van der Waals surface area contributed by atoms with Crippen molar-refractivity contribution in [2.45, 2.75) is 50.0 Å². The number of hydrogen-bond acceptors (Lipinski definition) is 6. The van der Waals surface area contributed by atoms with E-state index in [1.54, 1.807) is 7.05 Å². The summed E-state index contributed by atoms with van der Waals surface area (Å²) in [6.45, 7) is 1.88. The third-order valence-electron chi connectivity index (χ3n) is 6.99. The third kappa shape index (κ3) is 6.04. The van der Waals surface area contributed by atoms with Crippen LogP contribution in [0, 0.1) is 0 Å². The van der Waals surface area contributed by atoms with Crippen LogP contribution in [0.3, 0.4) is 0 Å². The summed E-state index contributed by atoms with van der Waals surface area (Å²) in [5.74, 6) is -0.246. The predicted octanol–water partition coefficient (Wildman–Crippen LogP) is 4.04. The van der Waals surface area contributed by atoms with E-state index in [0.29, 0.717) is 23.7 Å². The van der Waals surface area contributed by atoms with Gasteiger partial charge in [0.05, 0.1) is 38.7 Å². The van der Waals surface area contributed by atoms with Gasteiger partial charge in [0.2, 0.25) is 0 Å². The Morgan fingerprint density at radius 1 is 1.15 bits per heavy atom. The van der Waals surface area contributed by atoms with Crippen molar-refractivity contribution in [3.63, 3.8) is 0 Å². The molecule has 1 saturated heterocycles. The molecule has 1 fully saturated rings. The molecular weight excluding hydrogens is 580 g/mol. The van der Waals surface area contributed by atoms with Crippen LogP contribution in [0.2, 0.25) is 10.0 Å². The Kier molecular flexibility index (Phi) is 8.53. The van der Waals surface area contributed by atoms with Crippen LogP contribution >= 0.6 is 23.2 Å². The summed E-state index contributed by atoms with van der Waals surface area (Å²) in [4.78, 5) is 30.6. The molecule has 3 aromatic rings. The standard InChI is InChI=1S/C25H27Cl2F3N4O4S/c1-3-39(37,38)20-7-6-15(26)9-14(20)11-34-23(35)17-10-19(25(28,29)30)18(21(27)22(17)32-24(34)36)13-33-8-4-5-16(12-33)31-2/h6-7,9-10,16,31H,3-5,8,11-13H2,1-2H3,(H,32,36). The topological polar surface area (TPSA) is 104 Å². The number of aromatic nitrogens is 2. The van der Waals surface area contributed by atoms with Gasteiger partial charge in [0, 0.05) is 24.2 Å². The molecule has 2 N–H and O–H groups in total. The van der Waals surface area contributed by atoms with Crippen molar-refractivity contribution in [1.29, 1.82) is 0 Å². The van der Waals surface area contributed by atoms with E-state index in [0.717, 1.165) is 12.8 Å². The van der Waals surface area contributed by atoms with E-state index in [1.165, 1.54) is 25.1 Å². The number of hydrogen-bond donors (Lipinski definition) is 2. The number of halogens is 5. The lowest BCUT2D eigenvalue weighted by Crippen LogP contribution is -2.44. The zero-order valence-electron chi connectivity index (χ0n) is 21.2. The molecule has 0 aliphatic carbocycles. The summed E-state index contributed by atoms with van der Waals surface area (Å²) < 4.78 is 68.5. The van der Waals surface area contributed by atoms with E-state index in [1.807, 2.05) is 4.90 Å². The second kappa shape index (κ2) is 11.2. The second-order valence-electron chi connectivity index (χ2n) is 9.48. The molecule has 0 spiro atoms.